The first kappa shape index (κ1) is 14.6. The average molecular weight is 292 g/mol. The summed E-state index contributed by atoms with van der Waals surface area (Å²) in [4.78, 5) is 0. The van der Waals surface area contributed by atoms with Crippen LogP contribution in [-0.4, -0.2) is 55.7 Å². The maximum absolute atomic E-state index is 12.2. The molecule has 106 valence electrons. The molecule has 2 aliphatic rings. The minimum Gasteiger partial charge on any atom is -0.314 e. The fourth-order valence-electron chi connectivity index (χ4n) is 2.64. The lowest BCUT2D eigenvalue weighted by atomic mass is 10.0. The molecule has 0 aliphatic carbocycles. The van der Waals surface area contributed by atoms with E-state index in [1.54, 1.807) is 11.4 Å². The summed E-state index contributed by atoms with van der Waals surface area (Å²) in [7, 11) is -1.31. The van der Waals surface area contributed by atoms with Gasteiger partial charge in [0, 0.05) is 24.9 Å². The van der Waals surface area contributed by atoms with Crippen molar-refractivity contribution in [2.24, 2.45) is 0 Å². The van der Waals surface area contributed by atoms with Crippen molar-refractivity contribution in [3.05, 3.63) is 0 Å². The number of hydrogen-bond acceptors (Lipinski definition) is 4. The first-order valence-electron chi connectivity index (χ1n) is 6.86. The highest BCUT2D eigenvalue weighted by Gasteiger charge is 2.29. The highest BCUT2D eigenvalue weighted by molar-refractivity contribution is 7.99. The van der Waals surface area contributed by atoms with E-state index >= 15 is 0 Å². The summed E-state index contributed by atoms with van der Waals surface area (Å²) in [5.41, 5.74) is 0. The highest BCUT2D eigenvalue weighted by atomic mass is 32.2. The van der Waals surface area contributed by atoms with E-state index in [1.165, 1.54) is 12.8 Å². The summed E-state index contributed by atoms with van der Waals surface area (Å²) in [6.07, 6.45) is 5.34. The van der Waals surface area contributed by atoms with Crippen molar-refractivity contribution in [1.29, 1.82) is 0 Å². The van der Waals surface area contributed by atoms with Gasteiger partial charge in [-0.15, -0.1) is 0 Å². The zero-order valence-corrected chi connectivity index (χ0v) is 12.7. The number of nitrogens with one attached hydrogen (secondary N) is 1. The molecule has 0 saturated carbocycles. The van der Waals surface area contributed by atoms with Crippen molar-refractivity contribution in [2.75, 3.05) is 30.9 Å². The van der Waals surface area contributed by atoms with Crippen LogP contribution in [0.1, 0.15) is 32.1 Å². The van der Waals surface area contributed by atoms with Crippen molar-refractivity contribution in [1.82, 2.24) is 9.62 Å². The van der Waals surface area contributed by atoms with Crippen molar-refractivity contribution < 1.29 is 8.42 Å². The van der Waals surface area contributed by atoms with E-state index in [-0.39, 0.29) is 6.04 Å². The second-order valence-electron chi connectivity index (χ2n) is 5.29. The fraction of sp³-hybridized carbons (Fsp3) is 1.00. The van der Waals surface area contributed by atoms with Crippen LogP contribution < -0.4 is 5.32 Å². The standard InChI is InChI=1S/C12H24N2O2S2/c1-14(12-5-8-17-10-12)18(15,16)9-6-11-4-2-3-7-13-11/h11-13H,2-10H2,1H3. The molecule has 2 atom stereocenters. The Morgan fingerprint density at radius 2 is 2.17 bits per heavy atom. The Kier molecular flexibility index (Phi) is 5.35. The van der Waals surface area contributed by atoms with Crippen LogP contribution in [-0.2, 0) is 10.0 Å². The molecule has 6 heteroatoms. The molecule has 0 radical (unpaired) electrons. The van der Waals surface area contributed by atoms with Gasteiger partial charge in [-0.25, -0.2) is 12.7 Å². The molecular formula is C12H24N2O2S2. The lowest BCUT2D eigenvalue weighted by Crippen LogP contribution is -2.41. The van der Waals surface area contributed by atoms with E-state index in [2.05, 4.69) is 5.32 Å². The van der Waals surface area contributed by atoms with Crippen LogP contribution >= 0.6 is 11.8 Å². The van der Waals surface area contributed by atoms with Crippen LogP contribution in [0.25, 0.3) is 0 Å². The summed E-state index contributed by atoms with van der Waals surface area (Å²) in [6, 6.07) is 0.624. The van der Waals surface area contributed by atoms with E-state index in [9.17, 15) is 8.42 Å². The Hall–Kier alpha value is 0.220. The SMILES string of the molecule is CN(C1CCSC1)S(=O)(=O)CCC1CCCCN1. The van der Waals surface area contributed by atoms with Gasteiger partial charge in [-0.05, 0) is 38.0 Å². The number of sulfonamides is 1. The minimum atomic E-state index is -3.06. The van der Waals surface area contributed by atoms with Crippen molar-refractivity contribution >= 4 is 21.8 Å². The minimum absolute atomic E-state index is 0.222. The van der Waals surface area contributed by atoms with Gasteiger partial charge in [0.15, 0.2) is 0 Å². The summed E-state index contributed by atoms with van der Waals surface area (Å²) in [5.74, 6) is 2.34. The van der Waals surface area contributed by atoms with Gasteiger partial charge in [-0.2, -0.15) is 11.8 Å². The van der Waals surface area contributed by atoms with Crippen LogP contribution in [0.3, 0.4) is 0 Å². The molecule has 0 aromatic carbocycles. The highest BCUT2D eigenvalue weighted by Crippen LogP contribution is 2.24. The predicted molar refractivity (Wildman–Crippen MR) is 77.5 cm³/mol. The molecule has 2 unspecified atom stereocenters. The summed E-state index contributed by atoms with van der Waals surface area (Å²) in [6.45, 7) is 1.04. The van der Waals surface area contributed by atoms with E-state index in [4.69, 9.17) is 0 Å². The van der Waals surface area contributed by atoms with Gasteiger partial charge in [-0.3, -0.25) is 0 Å². The second kappa shape index (κ2) is 6.59. The number of nitrogens with zero attached hydrogens (tertiary/aromatic N) is 1. The van der Waals surface area contributed by atoms with Gasteiger partial charge >= 0.3 is 0 Å². The lowest BCUT2D eigenvalue weighted by molar-refractivity contribution is 0.375. The average Bonchev–Trinajstić information content (AvgIpc) is 2.90. The van der Waals surface area contributed by atoms with Crippen molar-refractivity contribution in [3.63, 3.8) is 0 Å². The Labute approximate surface area is 115 Å². The fourth-order valence-corrected chi connectivity index (χ4v) is 5.51. The molecule has 2 aliphatic heterocycles. The molecule has 2 rings (SSSR count). The Balaban J connectivity index is 1.82. The summed E-state index contributed by atoms with van der Waals surface area (Å²) < 4.78 is 26.1. The molecule has 0 spiro atoms. The van der Waals surface area contributed by atoms with Gasteiger partial charge in [0.25, 0.3) is 0 Å². The van der Waals surface area contributed by atoms with Crippen LogP contribution in [0, 0.1) is 0 Å². The first-order chi connectivity index (χ1) is 8.59. The number of hydrogen-bond donors (Lipinski definition) is 1. The van der Waals surface area contributed by atoms with E-state index in [0.29, 0.717) is 11.8 Å². The van der Waals surface area contributed by atoms with Crippen LogP contribution in [0.15, 0.2) is 0 Å². The zero-order valence-electron chi connectivity index (χ0n) is 11.1. The zero-order chi connectivity index (χ0) is 13.0. The lowest BCUT2D eigenvalue weighted by Gasteiger charge is -2.26. The smallest absolute Gasteiger partial charge is 0.214 e. The first-order valence-corrected chi connectivity index (χ1v) is 9.63. The second-order valence-corrected chi connectivity index (χ2v) is 8.58. The van der Waals surface area contributed by atoms with E-state index < -0.39 is 10.0 Å². The Morgan fingerprint density at radius 1 is 1.33 bits per heavy atom. The largest absolute Gasteiger partial charge is 0.314 e. The van der Waals surface area contributed by atoms with Gasteiger partial charge < -0.3 is 5.32 Å². The number of thioether (sulfide) groups is 1. The quantitative estimate of drug-likeness (QED) is 0.829. The number of rotatable bonds is 5. The molecule has 1 N–H and O–H groups in total. The van der Waals surface area contributed by atoms with Crippen molar-refractivity contribution in [3.8, 4) is 0 Å². The van der Waals surface area contributed by atoms with Gasteiger partial charge in [0.05, 0.1) is 5.75 Å². The molecule has 2 fully saturated rings. The topological polar surface area (TPSA) is 49.4 Å². The molecular weight excluding hydrogens is 268 g/mol. The van der Waals surface area contributed by atoms with E-state index in [1.807, 2.05) is 11.8 Å². The maximum Gasteiger partial charge on any atom is 0.214 e. The molecule has 18 heavy (non-hydrogen) atoms. The van der Waals surface area contributed by atoms with Crippen LogP contribution in [0.4, 0.5) is 0 Å². The summed E-state index contributed by atoms with van der Waals surface area (Å²) >= 11 is 1.85. The third-order valence-corrected chi connectivity index (χ3v) is 7.07. The van der Waals surface area contributed by atoms with Crippen LogP contribution in [0.2, 0.25) is 0 Å². The molecule has 4 nitrogen and oxygen atoms in total. The van der Waals surface area contributed by atoms with E-state index in [0.717, 1.165) is 37.3 Å². The van der Waals surface area contributed by atoms with Gasteiger partial charge in [0.2, 0.25) is 10.0 Å². The third-order valence-electron chi connectivity index (χ3n) is 4.00. The number of piperidine rings is 1. The van der Waals surface area contributed by atoms with Crippen LogP contribution in [0.5, 0.6) is 0 Å². The molecule has 0 aromatic heterocycles. The maximum atomic E-state index is 12.2. The predicted octanol–water partition coefficient (Wildman–Crippen LogP) is 1.29. The molecule has 2 heterocycles. The van der Waals surface area contributed by atoms with Gasteiger partial charge in [-0.1, -0.05) is 6.42 Å². The monoisotopic (exact) mass is 292 g/mol. The third kappa shape index (κ3) is 3.85. The normalized spacial score (nSPS) is 29.9. The summed E-state index contributed by atoms with van der Waals surface area (Å²) in [5, 5.41) is 3.41. The Bertz CT molecular complexity index is 347. The molecule has 0 bridgehead atoms. The molecule has 0 amide bonds. The molecule has 0 aromatic rings. The Morgan fingerprint density at radius 3 is 2.78 bits per heavy atom. The van der Waals surface area contributed by atoms with Crippen molar-refractivity contribution in [2.45, 2.75) is 44.2 Å². The van der Waals surface area contributed by atoms with Gasteiger partial charge in [0.1, 0.15) is 0 Å². The molecule has 2 saturated heterocycles.